The fraction of sp³-hybridized carbons (Fsp3) is 0.500. The molecule has 1 aromatic heterocycles. The number of nitrogens with zero attached hydrogens (tertiary/aromatic N) is 2. The van der Waals surface area contributed by atoms with Gasteiger partial charge in [0.25, 0.3) is 0 Å². The lowest BCUT2D eigenvalue weighted by Crippen LogP contribution is -2.29. The molecule has 0 radical (unpaired) electrons. The van der Waals surface area contributed by atoms with Crippen molar-refractivity contribution in [2.45, 2.75) is 31.9 Å². The van der Waals surface area contributed by atoms with Crippen LogP contribution in [0.3, 0.4) is 0 Å². The summed E-state index contributed by atoms with van der Waals surface area (Å²) in [6.45, 7) is 4.51. The zero-order valence-electron chi connectivity index (χ0n) is 12.0. The summed E-state index contributed by atoms with van der Waals surface area (Å²) in [4.78, 5) is 4.37. The zero-order chi connectivity index (χ0) is 14.9. The molecule has 0 spiro atoms. The molecule has 1 heterocycles. The zero-order valence-corrected chi connectivity index (χ0v) is 12.8. The van der Waals surface area contributed by atoms with E-state index in [2.05, 4.69) is 4.98 Å². The summed E-state index contributed by atoms with van der Waals surface area (Å²) in [7, 11) is 3.09. The van der Waals surface area contributed by atoms with E-state index in [4.69, 9.17) is 21.1 Å². The van der Waals surface area contributed by atoms with E-state index in [-0.39, 0.29) is 17.2 Å². The average Bonchev–Trinajstić information content (AvgIpc) is 2.74. The van der Waals surface area contributed by atoms with Crippen LogP contribution >= 0.6 is 11.6 Å². The number of alkyl halides is 1. The van der Waals surface area contributed by atoms with Gasteiger partial charge < -0.3 is 14.0 Å². The van der Waals surface area contributed by atoms with Crippen molar-refractivity contribution in [1.29, 1.82) is 0 Å². The molecule has 0 unspecified atom stereocenters. The molecule has 0 N–H and O–H groups in total. The SMILES string of the molecule is COc1cc2c(cc1F)nc(CCl)n2CC(C)(C)OC. The first-order valence-electron chi connectivity index (χ1n) is 6.25. The summed E-state index contributed by atoms with van der Waals surface area (Å²) in [5.74, 6) is 0.685. The molecule has 20 heavy (non-hydrogen) atoms. The molecule has 2 rings (SSSR count). The van der Waals surface area contributed by atoms with Crippen molar-refractivity contribution in [3.63, 3.8) is 0 Å². The summed E-state index contributed by atoms with van der Waals surface area (Å²) in [5.41, 5.74) is 0.964. The molecule has 0 atom stereocenters. The lowest BCUT2D eigenvalue weighted by molar-refractivity contribution is 0.00854. The Balaban J connectivity index is 2.61. The number of halogens is 2. The van der Waals surface area contributed by atoms with Crippen LogP contribution in [-0.4, -0.2) is 29.4 Å². The van der Waals surface area contributed by atoms with Gasteiger partial charge in [0.2, 0.25) is 0 Å². The topological polar surface area (TPSA) is 36.3 Å². The maximum atomic E-state index is 13.7. The van der Waals surface area contributed by atoms with E-state index in [9.17, 15) is 4.39 Å². The number of hydrogen-bond acceptors (Lipinski definition) is 3. The van der Waals surface area contributed by atoms with E-state index in [0.29, 0.717) is 17.9 Å². The number of ether oxygens (including phenoxy) is 2. The molecular weight excluding hydrogens is 283 g/mol. The van der Waals surface area contributed by atoms with Gasteiger partial charge >= 0.3 is 0 Å². The van der Waals surface area contributed by atoms with Gasteiger partial charge in [-0.25, -0.2) is 9.37 Å². The fourth-order valence-electron chi connectivity index (χ4n) is 2.06. The number of aromatic nitrogens is 2. The van der Waals surface area contributed by atoms with Crippen LogP contribution in [0, 0.1) is 5.82 Å². The molecule has 1 aromatic carbocycles. The predicted octanol–water partition coefficient (Wildman–Crippen LogP) is 3.35. The van der Waals surface area contributed by atoms with Crippen molar-refractivity contribution < 1.29 is 13.9 Å². The molecule has 6 heteroatoms. The third-order valence-corrected chi connectivity index (χ3v) is 3.55. The Morgan fingerprint density at radius 1 is 1.35 bits per heavy atom. The first-order chi connectivity index (χ1) is 9.41. The van der Waals surface area contributed by atoms with Crippen molar-refractivity contribution in [2.75, 3.05) is 14.2 Å². The molecule has 0 aliphatic carbocycles. The Labute approximate surface area is 122 Å². The van der Waals surface area contributed by atoms with E-state index in [1.54, 1.807) is 13.2 Å². The highest BCUT2D eigenvalue weighted by molar-refractivity contribution is 6.16. The van der Waals surface area contributed by atoms with Crippen molar-refractivity contribution in [1.82, 2.24) is 9.55 Å². The van der Waals surface area contributed by atoms with E-state index >= 15 is 0 Å². The summed E-state index contributed by atoms with van der Waals surface area (Å²) in [6.07, 6.45) is 0. The monoisotopic (exact) mass is 300 g/mol. The van der Waals surface area contributed by atoms with Gasteiger partial charge in [0.1, 0.15) is 5.82 Å². The summed E-state index contributed by atoms with van der Waals surface area (Å²) in [6, 6.07) is 3.00. The van der Waals surface area contributed by atoms with Gasteiger partial charge in [0.05, 0.1) is 36.2 Å². The van der Waals surface area contributed by atoms with Crippen LogP contribution in [0.5, 0.6) is 5.75 Å². The second-order valence-electron chi connectivity index (χ2n) is 5.19. The molecule has 0 saturated carbocycles. The highest BCUT2D eigenvalue weighted by Gasteiger charge is 2.22. The Morgan fingerprint density at radius 3 is 2.60 bits per heavy atom. The number of fused-ring (bicyclic) bond motifs is 1. The van der Waals surface area contributed by atoms with Crippen molar-refractivity contribution in [3.8, 4) is 5.75 Å². The molecular formula is C14H18ClFN2O2. The first kappa shape index (κ1) is 15.1. The van der Waals surface area contributed by atoms with Gasteiger partial charge in [-0.1, -0.05) is 0 Å². The normalized spacial score (nSPS) is 12.1. The van der Waals surface area contributed by atoms with Crippen LogP contribution in [0.25, 0.3) is 11.0 Å². The Hall–Kier alpha value is -1.33. The number of imidazole rings is 1. The minimum atomic E-state index is -0.434. The lowest BCUT2D eigenvalue weighted by atomic mass is 10.1. The Bertz CT molecular complexity index is 625. The predicted molar refractivity (Wildman–Crippen MR) is 76.9 cm³/mol. The summed E-state index contributed by atoms with van der Waals surface area (Å²) in [5, 5.41) is 0. The van der Waals surface area contributed by atoms with Crippen molar-refractivity contribution in [3.05, 3.63) is 23.8 Å². The molecule has 0 aliphatic heterocycles. The summed E-state index contributed by atoms with van der Waals surface area (Å²) >= 11 is 5.94. The average molecular weight is 301 g/mol. The van der Waals surface area contributed by atoms with Crippen molar-refractivity contribution in [2.24, 2.45) is 0 Å². The van der Waals surface area contributed by atoms with Crippen LogP contribution in [0.15, 0.2) is 12.1 Å². The lowest BCUT2D eigenvalue weighted by Gasteiger charge is -2.24. The van der Waals surface area contributed by atoms with Crippen molar-refractivity contribution >= 4 is 22.6 Å². The maximum Gasteiger partial charge on any atom is 0.167 e. The van der Waals surface area contributed by atoms with E-state index < -0.39 is 5.82 Å². The smallest absolute Gasteiger partial charge is 0.167 e. The van der Waals surface area contributed by atoms with E-state index in [1.165, 1.54) is 13.2 Å². The van der Waals surface area contributed by atoms with Gasteiger partial charge in [-0.15, -0.1) is 11.6 Å². The van der Waals surface area contributed by atoms with Crippen LogP contribution in [-0.2, 0) is 17.2 Å². The largest absolute Gasteiger partial charge is 0.494 e. The molecule has 0 amide bonds. The van der Waals surface area contributed by atoms with Gasteiger partial charge in [-0.05, 0) is 13.8 Å². The van der Waals surface area contributed by atoms with Crippen LogP contribution in [0.2, 0.25) is 0 Å². The first-order valence-corrected chi connectivity index (χ1v) is 6.79. The number of hydrogen-bond donors (Lipinski definition) is 0. The molecule has 0 saturated heterocycles. The molecule has 0 bridgehead atoms. The van der Waals surface area contributed by atoms with Gasteiger partial charge in [0, 0.05) is 19.2 Å². The molecule has 0 aliphatic rings. The Kier molecular flexibility index (Phi) is 4.20. The molecule has 110 valence electrons. The number of methoxy groups -OCH3 is 2. The second kappa shape index (κ2) is 5.58. The Morgan fingerprint density at radius 2 is 2.05 bits per heavy atom. The number of benzene rings is 1. The minimum Gasteiger partial charge on any atom is -0.494 e. The summed E-state index contributed by atoms with van der Waals surface area (Å²) < 4.78 is 26.1. The minimum absolute atomic E-state index is 0.190. The maximum absolute atomic E-state index is 13.7. The molecule has 0 fully saturated rings. The van der Waals surface area contributed by atoms with Gasteiger partial charge in [-0.2, -0.15) is 0 Å². The van der Waals surface area contributed by atoms with E-state index in [1.807, 2.05) is 18.4 Å². The third-order valence-electron chi connectivity index (χ3n) is 3.31. The second-order valence-corrected chi connectivity index (χ2v) is 5.45. The van der Waals surface area contributed by atoms with Gasteiger partial charge in [0.15, 0.2) is 11.6 Å². The van der Waals surface area contributed by atoms with Crippen LogP contribution in [0.4, 0.5) is 4.39 Å². The third kappa shape index (κ3) is 2.74. The fourth-order valence-corrected chi connectivity index (χ4v) is 2.26. The van der Waals surface area contributed by atoms with Crippen LogP contribution in [0.1, 0.15) is 19.7 Å². The number of rotatable bonds is 5. The highest BCUT2D eigenvalue weighted by atomic mass is 35.5. The highest BCUT2D eigenvalue weighted by Crippen LogP contribution is 2.27. The van der Waals surface area contributed by atoms with Gasteiger partial charge in [-0.3, -0.25) is 0 Å². The standard InChI is InChI=1S/C14H18ClFN2O2/c1-14(2,20-4)8-18-11-6-12(19-3)9(16)5-10(11)17-13(18)7-15/h5-6H,7-8H2,1-4H3. The quantitative estimate of drug-likeness (QED) is 0.795. The van der Waals surface area contributed by atoms with E-state index in [0.717, 1.165) is 5.52 Å². The van der Waals surface area contributed by atoms with Crippen LogP contribution < -0.4 is 4.74 Å². The molecule has 2 aromatic rings. The molecule has 4 nitrogen and oxygen atoms in total.